The average Bonchev–Trinajstić information content (AvgIpc) is 3.16. The molecule has 5 nitrogen and oxygen atoms in total. The van der Waals surface area contributed by atoms with Crippen molar-refractivity contribution in [3.05, 3.63) is 0 Å². The first-order valence-electron chi connectivity index (χ1n) is 8.00. The van der Waals surface area contributed by atoms with Gasteiger partial charge in [-0.3, -0.25) is 19.8 Å². The number of likely N-dealkylation sites (tertiary alicyclic amines) is 1. The fourth-order valence-electron chi connectivity index (χ4n) is 4.40. The van der Waals surface area contributed by atoms with Gasteiger partial charge in [-0.25, -0.2) is 0 Å². The molecule has 2 bridgehead atoms. The Hall–Kier alpha value is -0.940. The van der Waals surface area contributed by atoms with Crippen LogP contribution in [-0.2, 0) is 14.3 Å². The predicted octanol–water partition coefficient (Wildman–Crippen LogP) is 0.966. The zero-order valence-corrected chi connectivity index (χ0v) is 11.7. The van der Waals surface area contributed by atoms with Gasteiger partial charge in [0, 0.05) is 12.1 Å². The van der Waals surface area contributed by atoms with Crippen LogP contribution in [0.15, 0.2) is 0 Å². The second kappa shape index (κ2) is 4.81. The lowest BCUT2D eigenvalue weighted by molar-refractivity contribution is -0.141. The minimum Gasteiger partial charge on any atom is -0.373 e. The van der Waals surface area contributed by atoms with Crippen molar-refractivity contribution in [3.63, 3.8) is 0 Å². The van der Waals surface area contributed by atoms with Crippen LogP contribution in [-0.4, -0.2) is 47.0 Å². The summed E-state index contributed by atoms with van der Waals surface area (Å²) in [5, 5.41) is 3.41. The molecule has 3 saturated heterocycles. The van der Waals surface area contributed by atoms with Crippen LogP contribution < -0.4 is 5.32 Å². The summed E-state index contributed by atoms with van der Waals surface area (Å²) in [7, 11) is 0. The van der Waals surface area contributed by atoms with Crippen LogP contribution in [0, 0.1) is 0 Å². The average molecular weight is 278 g/mol. The highest BCUT2D eigenvalue weighted by Crippen LogP contribution is 2.35. The molecule has 110 valence electrons. The molecule has 3 aliphatic heterocycles. The van der Waals surface area contributed by atoms with Crippen LogP contribution in [0.2, 0.25) is 0 Å². The van der Waals surface area contributed by atoms with Crippen molar-refractivity contribution >= 4 is 11.8 Å². The van der Waals surface area contributed by atoms with Crippen LogP contribution in [0.25, 0.3) is 0 Å². The van der Waals surface area contributed by atoms with Crippen molar-refractivity contribution in [2.24, 2.45) is 0 Å². The van der Waals surface area contributed by atoms with Crippen molar-refractivity contribution < 1.29 is 14.3 Å². The highest BCUT2D eigenvalue weighted by molar-refractivity contribution is 6.05. The first kappa shape index (κ1) is 12.8. The highest BCUT2D eigenvalue weighted by atomic mass is 16.5. The molecule has 4 rings (SSSR count). The molecule has 3 heterocycles. The Bertz CT molecular complexity index is 433. The molecule has 0 spiro atoms. The van der Waals surface area contributed by atoms with E-state index in [0.717, 1.165) is 44.9 Å². The first-order valence-corrected chi connectivity index (χ1v) is 8.00. The second-order valence-electron chi connectivity index (χ2n) is 6.68. The number of carbonyl (C=O) groups excluding carboxylic acids is 2. The summed E-state index contributed by atoms with van der Waals surface area (Å²) in [6.45, 7) is 0. The van der Waals surface area contributed by atoms with Crippen molar-refractivity contribution in [1.29, 1.82) is 0 Å². The number of amides is 2. The second-order valence-corrected chi connectivity index (χ2v) is 6.68. The maximum absolute atomic E-state index is 12.5. The van der Waals surface area contributed by atoms with Crippen molar-refractivity contribution in [2.45, 2.75) is 81.7 Å². The third-order valence-corrected chi connectivity index (χ3v) is 5.39. The summed E-state index contributed by atoms with van der Waals surface area (Å²) in [5.74, 6) is 0.0214. The van der Waals surface area contributed by atoms with Crippen LogP contribution in [0.1, 0.15) is 51.4 Å². The number of hydrogen-bond donors (Lipinski definition) is 1. The van der Waals surface area contributed by atoms with E-state index < -0.39 is 0 Å². The third kappa shape index (κ3) is 1.99. The first-order chi connectivity index (χ1) is 9.72. The number of fused-ring (bicyclic) bond motifs is 2. The molecule has 4 fully saturated rings. The zero-order valence-electron chi connectivity index (χ0n) is 11.7. The number of hydrogen-bond acceptors (Lipinski definition) is 4. The Morgan fingerprint density at radius 3 is 2.55 bits per heavy atom. The molecule has 0 aromatic rings. The number of imide groups is 1. The smallest absolute Gasteiger partial charge is 0.247 e. The lowest BCUT2D eigenvalue weighted by atomic mass is 9.95. The van der Waals surface area contributed by atoms with Gasteiger partial charge in [-0.2, -0.15) is 0 Å². The van der Waals surface area contributed by atoms with Crippen LogP contribution in [0.5, 0.6) is 0 Å². The van der Waals surface area contributed by atoms with Gasteiger partial charge in [0.05, 0.1) is 24.7 Å². The molecule has 0 aromatic carbocycles. The van der Waals surface area contributed by atoms with Crippen molar-refractivity contribution in [2.75, 3.05) is 0 Å². The maximum atomic E-state index is 12.5. The van der Waals surface area contributed by atoms with Gasteiger partial charge in [0.2, 0.25) is 11.8 Å². The van der Waals surface area contributed by atoms with E-state index in [4.69, 9.17) is 4.74 Å². The van der Waals surface area contributed by atoms with E-state index in [1.165, 1.54) is 0 Å². The molecule has 2 amide bonds. The molecule has 1 saturated carbocycles. The van der Waals surface area contributed by atoms with Gasteiger partial charge in [0.25, 0.3) is 0 Å². The quantitative estimate of drug-likeness (QED) is 0.781. The van der Waals surface area contributed by atoms with Crippen molar-refractivity contribution in [1.82, 2.24) is 10.2 Å². The fourth-order valence-corrected chi connectivity index (χ4v) is 4.40. The van der Waals surface area contributed by atoms with Crippen LogP contribution in [0.3, 0.4) is 0 Å². The van der Waals surface area contributed by atoms with Gasteiger partial charge >= 0.3 is 0 Å². The molecule has 20 heavy (non-hydrogen) atoms. The van der Waals surface area contributed by atoms with Gasteiger partial charge in [0.1, 0.15) is 0 Å². The topological polar surface area (TPSA) is 58.6 Å². The summed E-state index contributed by atoms with van der Waals surface area (Å²) in [5.41, 5.74) is 0. The molecule has 4 atom stereocenters. The molecule has 1 N–H and O–H groups in total. The Kier molecular flexibility index (Phi) is 3.07. The normalized spacial score (nSPS) is 41.3. The molecule has 4 unspecified atom stereocenters. The van der Waals surface area contributed by atoms with Gasteiger partial charge in [0.15, 0.2) is 0 Å². The molecule has 5 heteroatoms. The highest BCUT2D eigenvalue weighted by Gasteiger charge is 2.47. The summed E-state index contributed by atoms with van der Waals surface area (Å²) >= 11 is 0. The summed E-state index contributed by atoms with van der Waals surface area (Å²) in [4.78, 5) is 26.2. The lowest BCUT2D eigenvalue weighted by Gasteiger charge is -2.25. The van der Waals surface area contributed by atoms with Gasteiger partial charge in [-0.15, -0.1) is 0 Å². The predicted molar refractivity (Wildman–Crippen MR) is 71.9 cm³/mol. The summed E-state index contributed by atoms with van der Waals surface area (Å²) < 4.78 is 5.81. The fraction of sp³-hybridized carbons (Fsp3) is 0.867. The van der Waals surface area contributed by atoms with Gasteiger partial charge in [-0.1, -0.05) is 12.8 Å². The van der Waals surface area contributed by atoms with Gasteiger partial charge in [-0.05, 0) is 32.1 Å². The Labute approximate surface area is 119 Å². The van der Waals surface area contributed by atoms with E-state index >= 15 is 0 Å². The minimum absolute atomic E-state index is 0.00433. The van der Waals surface area contributed by atoms with E-state index in [1.54, 1.807) is 4.90 Å². The molecule has 0 aromatic heterocycles. The van der Waals surface area contributed by atoms with E-state index in [1.807, 2.05) is 0 Å². The van der Waals surface area contributed by atoms with Crippen molar-refractivity contribution in [3.8, 4) is 0 Å². The van der Waals surface area contributed by atoms with E-state index in [2.05, 4.69) is 5.32 Å². The van der Waals surface area contributed by atoms with E-state index in [-0.39, 0.29) is 36.0 Å². The van der Waals surface area contributed by atoms with E-state index in [9.17, 15) is 9.59 Å². The van der Waals surface area contributed by atoms with E-state index in [0.29, 0.717) is 12.5 Å². The Balaban J connectivity index is 1.42. The zero-order chi connectivity index (χ0) is 13.7. The van der Waals surface area contributed by atoms with Crippen LogP contribution >= 0.6 is 0 Å². The Morgan fingerprint density at radius 2 is 1.90 bits per heavy atom. The standard InChI is InChI=1S/C15H22N2O3/c18-14-8-12(15(19)17(14)9-3-1-2-4-9)16-11-7-10-5-6-13(11)20-10/h9-13,16H,1-8H2. The molecule has 1 aliphatic carbocycles. The number of ether oxygens (including phenoxy) is 1. The summed E-state index contributed by atoms with van der Waals surface area (Å²) in [6.07, 6.45) is 8.44. The SMILES string of the molecule is O=C1CC(NC2CC3CCC2O3)C(=O)N1C1CCCC1. The van der Waals surface area contributed by atoms with Crippen LogP contribution in [0.4, 0.5) is 0 Å². The number of nitrogens with zero attached hydrogens (tertiary/aromatic N) is 1. The Morgan fingerprint density at radius 1 is 1.10 bits per heavy atom. The monoisotopic (exact) mass is 278 g/mol. The largest absolute Gasteiger partial charge is 0.373 e. The van der Waals surface area contributed by atoms with Gasteiger partial charge < -0.3 is 4.74 Å². The number of nitrogens with one attached hydrogen (secondary N) is 1. The molecular weight excluding hydrogens is 256 g/mol. The molecule has 0 radical (unpaired) electrons. The number of rotatable bonds is 3. The maximum Gasteiger partial charge on any atom is 0.247 e. The number of carbonyl (C=O) groups is 2. The lowest BCUT2D eigenvalue weighted by Crippen LogP contribution is -2.48. The minimum atomic E-state index is -0.309. The third-order valence-electron chi connectivity index (χ3n) is 5.39. The summed E-state index contributed by atoms with van der Waals surface area (Å²) in [6, 6.07) is 0.119. The molecular formula is C15H22N2O3. The molecule has 4 aliphatic rings.